The number of carbonyl (C=O) groups excluding carboxylic acids is 1. The second kappa shape index (κ2) is 3.13. The maximum absolute atomic E-state index is 10.6. The molecule has 1 heterocycles. The van der Waals surface area contributed by atoms with E-state index in [1.54, 1.807) is 0 Å². The molecule has 0 amide bonds. The second-order valence-electron chi connectivity index (χ2n) is 1.86. The highest BCUT2D eigenvalue weighted by Crippen LogP contribution is 2.16. The molecule has 1 aliphatic rings. The van der Waals surface area contributed by atoms with Crippen molar-refractivity contribution in [3.8, 4) is 0 Å². The number of carbonyl (C=O) groups is 1. The Bertz CT molecular complexity index is 80.5. The van der Waals surface area contributed by atoms with Crippen LogP contribution in [0, 0.1) is 6.42 Å². The highest BCUT2D eigenvalue weighted by Gasteiger charge is 2.05. The zero-order chi connectivity index (χ0) is 5.82. The van der Waals surface area contributed by atoms with Gasteiger partial charge in [-0.25, -0.2) is 0 Å². The molecule has 45 valence electrons. The summed E-state index contributed by atoms with van der Waals surface area (Å²) < 4.78 is 0. The Morgan fingerprint density at radius 2 is 2.50 bits per heavy atom. The van der Waals surface area contributed by atoms with Gasteiger partial charge in [-0.3, -0.25) is 4.79 Å². The summed E-state index contributed by atoms with van der Waals surface area (Å²) in [6, 6.07) is 0. The standard InChI is InChI=1S/C6H9OS/c7-6-4-2-1-3-5-8-6/h2H,1,3-5H2. The molecule has 1 radical (unpaired) electrons. The molecule has 0 atom stereocenters. The third kappa shape index (κ3) is 1.86. The van der Waals surface area contributed by atoms with E-state index < -0.39 is 0 Å². The first-order valence-corrected chi connectivity index (χ1v) is 3.85. The van der Waals surface area contributed by atoms with Gasteiger partial charge in [-0.2, -0.15) is 0 Å². The minimum Gasteiger partial charge on any atom is -0.287 e. The van der Waals surface area contributed by atoms with Crippen LogP contribution in [0.15, 0.2) is 0 Å². The average Bonchev–Trinajstić information content (AvgIpc) is 1.94. The van der Waals surface area contributed by atoms with Crippen molar-refractivity contribution in [2.24, 2.45) is 0 Å². The Hall–Kier alpha value is 0.0200. The number of hydrogen-bond donors (Lipinski definition) is 0. The third-order valence-electron chi connectivity index (χ3n) is 1.13. The molecule has 2 heteroatoms. The van der Waals surface area contributed by atoms with Gasteiger partial charge in [0.2, 0.25) is 0 Å². The van der Waals surface area contributed by atoms with Gasteiger partial charge >= 0.3 is 0 Å². The summed E-state index contributed by atoms with van der Waals surface area (Å²) in [5.41, 5.74) is 0. The molecule has 0 aromatic carbocycles. The fourth-order valence-corrected chi connectivity index (χ4v) is 1.47. The maximum atomic E-state index is 10.6. The third-order valence-corrected chi connectivity index (χ3v) is 2.11. The smallest absolute Gasteiger partial charge is 0.189 e. The Morgan fingerprint density at radius 3 is 3.38 bits per heavy atom. The topological polar surface area (TPSA) is 17.1 Å². The van der Waals surface area contributed by atoms with Crippen LogP contribution in [0.2, 0.25) is 0 Å². The minimum absolute atomic E-state index is 0.336. The quantitative estimate of drug-likeness (QED) is 0.494. The molecule has 0 aromatic heterocycles. The van der Waals surface area contributed by atoms with Gasteiger partial charge in [-0.15, -0.1) is 0 Å². The van der Waals surface area contributed by atoms with Crippen molar-refractivity contribution < 1.29 is 4.79 Å². The first-order valence-electron chi connectivity index (χ1n) is 2.87. The molecule has 1 nitrogen and oxygen atoms in total. The summed E-state index contributed by atoms with van der Waals surface area (Å²) in [6.45, 7) is 0. The normalized spacial score (nSPS) is 22.8. The van der Waals surface area contributed by atoms with E-state index in [0.29, 0.717) is 11.5 Å². The lowest BCUT2D eigenvalue weighted by Crippen LogP contribution is -1.86. The zero-order valence-electron chi connectivity index (χ0n) is 4.72. The van der Waals surface area contributed by atoms with Crippen molar-refractivity contribution in [2.45, 2.75) is 19.3 Å². The molecule has 0 aliphatic carbocycles. The van der Waals surface area contributed by atoms with Crippen LogP contribution in [0.5, 0.6) is 0 Å². The summed E-state index contributed by atoms with van der Waals surface area (Å²) >= 11 is 1.47. The predicted molar refractivity (Wildman–Crippen MR) is 35.6 cm³/mol. The predicted octanol–water partition coefficient (Wildman–Crippen LogP) is 1.63. The molecule has 0 saturated carbocycles. The molecule has 0 bridgehead atoms. The van der Waals surface area contributed by atoms with Crippen LogP contribution in [0.3, 0.4) is 0 Å². The molecule has 1 saturated heterocycles. The number of thioether (sulfide) groups is 1. The largest absolute Gasteiger partial charge is 0.287 e. The van der Waals surface area contributed by atoms with Crippen molar-refractivity contribution in [1.29, 1.82) is 0 Å². The maximum Gasteiger partial charge on any atom is 0.189 e. The number of rotatable bonds is 0. The Balaban J connectivity index is 2.27. The fraction of sp³-hybridized carbons (Fsp3) is 0.667. The molecule has 0 unspecified atom stereocenters. The van der Waals surface area contributed by atoms with E-state index in [-0.39, 0.29) is 0 Å². The van der Waals surface area contributed by atoms with Crippen LogP contribution in [0.25, 0.3) is 0 Å². The van der Waals surface area contributed by atoms with Gasteiger partial charge in [0.25, 0.3) is 0 Å². The molecule has 1 aliphatic heterocycles. The first kappa shape index (κ1) is 6.14. The summed E-state index contributed by atoms with van der Waals surface area (Å²) in [5.74, 6) is 1.02. The van der Waals surface area contributed by atoms with Crippen LogP contribution in [0.1, 0.15) is 19.3 Å². The van der Waals surface area contributed by atoms with Crippen LogP contribution in [-0.2, 0) is 4.79 Å². The zero-order valence-corrected chi connectivity index (χ0v) is 5.54. The molecule has 1 rings (SSSR count). The SMILES string of the molecule is O=C1C[CH]CCCS1. The lowest BCUT2D eigenvalue weighted by Gasteiger charge is -1.86. The molecule has 0 spiro atoms. The Kier molecular flexibility index (Phi) is 2.40. The molecule has 8 heavy (non-hydrogen) atoms. The van der Waals surface area contributed by atoms with Crippen LogP contribution >= 0.6 is 11.8 Å². The summed E-state index contributed by atoms with van der Waals surface area (Å²) in [7, 11) is 0. The lowest BCUT2D eigenvalue weighted by molar-refractivity contribution is -0.110. The van der Waals surface area contributed by atoms with Crippen LogP contribution in [0.4, 0.5) is 0 Å². The van der Waals surface area contributed by atoms with Crippen LogP contribution < -0.4 is 0 Å². The van der Waals surface area contributed by atoms with Crippen molar-refractivity contribution in [1.82, 2.24) is 0 Å². The molecule has 0 N–H and O–H groups in total. The van der Waals surface area contributed by atoms with E-state index in [1.165, 1.54) is 18.2 Å². The van der Waals surface area contributed by atoms with E-state index in [9.17, 15) is 4.79 Å². The van der Waals surface area contributed by atoms with Crippen molar-refractivity contribution in [2.75, 3.05) is 5.75 Å². The molecular weight excluding hydrogens is 120 g/mol. The van der Waals surface area contributed by atoms with Gasteiger partial charge in [0, 0.05) is 12.2 Å². The first-order chi connectivity index (χ1) is 3.89. The van der Waals surface area contributed by atoms with Crippen molar-refractivity contribution in [3.63, 3.8) is 0 Å². The van der Waals surface area contributed by atoms with Gasteiger partial charge in [0.05, 0.1) is 0 Å². The van der Waals surface area contributed by atoms with Gasteiger partial charge in [0.15, 0.2) is 5.12 Å². The van der Waals surface area contributed by atoms with E-state index >= 15 is 0 Å². The van der Waals surface area contributed by atoms with Gasteiger partial charge in [0.1, 0.15) is 0 Å². The van der Waals surface area contributed by atoms with Crippen molar-refractivity contribution in [3.05, 3.63) is 6.42 Å². The highest BCUT2D eigenvalue weighted by atomic mass is 32.2. The molecule has 1 fully saturated rings. The highest BCUT2D eigenvalue weighted by molar-refractivity contribution is 8.13. The van der Waals surface area contributed by atoms with Gasteiger partial charge in [-0.1, -0.05) is 11.8 Å². The van der Waals surface area contributed by atoms with Gasteiger partial charge < -0.3 is 0 Å². The Labute approximate surface area is 53.8 Å². The van der Waals surface area contributed by atoms with E-state index in [1.807, 2.05) is 0 Å². The van der Waals surface area contributed by atoms with Gasteiger partial charge in [-0.05, 0) is 19.3 Å². The van der Waals surface area contributed by atoms with E-state index in [2.05, 4.69) is 6.42 Å². The molecule has 0 aromatic rings. The summed E-state index contributed by atoms with van der Waals surface area (Å²) in [6.07, 6.45) is 5.06. The summed E-state index contributed by atoms with van der Waals surface area (Å²) in [4.78, 5) is 10.6. The van der Waals surface area contributed by atoms with Crippen LogP contribution in [-0.4, -0.2) is 10.9 Å². The van der Waals surface area contributed by atoms with Crippen molar-refractivity contribution >= 4 is 16.9 Å². The lowest BCUT2D eigenvalue weighted by atomic mass is 10.2. The number of hydrogen-bond acceptors (Lipinski definition) is 2. The van der Waals surface area contributed by atoms with E-state index in [4.69, 9.17) is 0 Å². The van der Waals surface area contributed by atoms with E-state index in [0.717, 1.165) is 12.2 Å². The average molecular weight is 129 g/mol. The molecular formula is C6H9OS. The second-order valence-corrected chi connectivity index (χ2v) is 3.01. The Morgan fingerprint density at radius 1 is 1.62 bits per heavy atom. The fourth-order valence-electron chi connectivity index (χ4n) is 0.693. The minimum atomic E-state index is 0.336. The summed E-state index contributed by atoms with van der Waals surface area (Å²) in [5, 5.41) is 0.336. The monoisotopic (exact) mass is 129 g/mol.